The molecule has 0 saturated carbocycles. The molecule has 0 aliphatic rings. The van der Waals surface area contributed by atoms with Crippen molar-refractivity contribution in [3.05, 3.63) is 36.5 Å². The summed E-state index contributed by atoms with van der Waals surface area (Å²) in [6.07, 6.45) is 68.7. The Morgan fingerprint density at radius 3 is 0.853 bits per heavy atom. The first-order valence-corrected chi connectivity index (χ1v) is 30.0. The van der Waals surface area contributed by atoms with Crippen molar-refractivity contribution < 1.29 is 28.6 Å². The lowest BCUT2D eigenvalue weighted by Crippen LogP contribution is -2.30. The normalized spacial score (nSPS) is 12.2. The summed E-state index contributed by atoms with van der Waals surface area (Å²) < 4.78 is 16.8. The maximum absolute atomic E-state index is 12.8. The largest absolute Gasteiger partial charge is 0.462 e. The second-order valence-corrected chi connectivity index (χ2v) is 20.3. The van der Waals surface area contributed by atoms with E-state index in [1.54, 1.807) is 0 Å². The highest BCUT2D eigenvalue weighted by Gasteiger charge is 2.19. The average molecular weight is 956 g/mol. The second kappa shape index (κ2) is 57.2. The molecule has 1 atom stereocenters. The number of hydrogen-bond acceptors (Lipinski definition) is 6. The fourth-order valence-corrected chi connectivity index (χ4v) is 8.82. The van der Waals surface area contributed by atoms with Crippen molar-refractivity contribution in [2.24, 2.45) is 0 Å². The molecule has 0 spiro atoms. The molecule has 0 aromatic rings. The van der Waals surface area contributed by atoms with Crippen molar-refractivity contribution in [3.63, 3.8) is 0 Å². The monoisotopic (exact) mass is 955 g/mol. The fraction of sp³-hybridized carbons (Fsp3) is 0.855. The highest BCUT2D eigenvalue weighted by Crippen LogP contribution is 2.16. The molecule has 0 aromatic heterocycles. The molecular weight excluding hydrogens is 841 g/mol. The highest BCUT2D eigenvalue weighted by molar-refractivity contribution is 5.71. The molecule has 68 heavy (non-hydrogen) atoms. The highest BCUT2D eigenvalue weighted by atomic mass is 16.6. The SMILES string of the molecule is CCCCC/C=C\C/C=C\CCCCCCCCCCCC(=O)OC(COC(=O)CCCCCCCCCC)COC(=O)CCCCCCCCCCCCC/C=C\CCCCCCCCCC. The van der Waals surface area contributed by atoms with Crippen LogP contribution in [-0.2, 0) is 28.6 Å². The Hall–Kier alpha value is -2.37. The van der Waals surface area contributed by atoms with Crippen LogP contribution in [0.3, 0.4) is 0 Å². The van der Waals surface area contributed by atoms with Gasteiger partial charge in [-0.2, -0.15) is 0 Å². The lowest BCUT2D eigenvalue weighted by Gasteiger charge is -2.18. The van der Waals surface area contributed by atoms with Crippen LogP contribution in [0.1, 0.15) is 323 Å². The number of ether oxygens (including phenoxy) is 3. The van der Waals surface area contributed by atoms with Crippen LogP contribution in [0.15, 0.2) is 36.5 Å². The third-order valence-corrected chi connectivity index (χ3v) is 13.4. The summed E-state index contributed by atoms with van der Waals surface area (Å²) in [7, 11) is 0. The van der Waals surface area contributed by atoms with Gasteiger partial charge in [-0.05, 0) is 77.0 Å². The van der Waals surface area contributed by atoms with E-state index in [4.69, 9.17) is 14.2 Å². The van der Waals surface area contributed by atoms with Gasteiger partial charge in [0.2, 0.25) is 0 Å². The van der Waals surface area contributed by atoms with Crippen molar-refractivity contribution in [2.45, 2.75) is 329 Å². The van der Waals surface area contributed by atoms with Gasteiger partial charge in [-0.15, -0.1) is 0 Å². The average Bonchev–Trinajstić information content (AvgIpc) is 3.34. The molecule has 0 amide bonds. The van der Waals surface area contributed by atoms with Crippen molar-refractivity contribution in [1.29, 1.82) is 0 Å². The standard InChI is InChI=1S/C62H114O6/c1-4-7-10-13-16-19-21-23-25-27-29-30-31-32-34-35-37-39-41-43-46-49-52-55-61(64)67-58-59(57-66-60(63)54-51-48-45-18-15-12-9-6-3)68-62(65)56-53-50-47-44-42-40-38-36-33-28-26-24-22-20-17-14-11-8-5-2/h17,20,24,26-27,29,59H,4-16,18-19,21-23,25,28,30-58H2,1-3H3/b20-17-,26-24-,29-27-. The lowest BCUT2D eigenvalue weighted by molar-refractivity contribution is -0.167. The van der Waals surface area contributed by atoms with E-state index in [2.05, 4.69) is 57.2 Å². The summed E-state index contributed by atoms with van der Waals surface area (Å²) in [5.41, 5.74) is 0. The van der Waals surface area contributed by atoms with Crippen LogP contribution < -0.4 is 0 Å². The van der Waals surface area contributed by atoms with Crippen molar-refractivity contribution in [1.82, 2.24) is 0 Å². The fourth-order valence-electron chi connectivity index (χ4n) is 8.82. The molecule has 0 aliphatic heterocycles. The van der Waals surface area contributed by atoms with E-state index < -0.39 is 6.10 Å². The minimum absolute atomic E-state index is 0.0709. The van der Waals surface area contributed by atoms with Gasteiger partial charge < -0.3 is 14.2 Å². The van der Waals surface area contributed by atoms with Gasteiger partial charge in [-0.25, -0.2) is 0 Å². The van der Waals surface area contributed by atoms with Crippen LogP contribution in [0.25, 0.3) is 0 Å². The minimum Gasteiger partial charge on any atom is -0.462 e. The van der Waals surface area contributed by atoms with Gasteiger partial charge in [0.05, 0.1) is 0 Å². The summed E-state index contributed by atoms with van der Waals surface area (Å²) >= 11 is 0. The summed E-state index contributed by atoms with van der Waals surface area (Å²) in [6, 6.07) is 0. The Labute approximate surface area is 423 Å². The Bertz CT molecular complexity index is 1140. The molecule has 0 heterocycles. The lowest BCUT2D eigenvalue weighted by atomic mass is 10.0. The molecule has 0 aromatic carbocycles. The third-order valence-electron chi connectivity index (χ3n) is 13.4. The van der Waals surface area contributed by atoms with E-state index in [0.717, 1.165) is 64.2 Å². The van der Waals surface area contributed by atoms with Gasteiger partial charge in [-0.1, -0.05) is 263 Å². The molecule has 398 valence electrons. The maximum atomic E-state index is 12.8. The summed E-state index contributed by atoms with van der Waals surface area (Å²) in [4.78, 5) is 38.0. The molecule has 0 aliphatic carbocycles. The zero-order chi connectivity index (χ0) is 49.3. The Morgan fingerprint density at radius 2 is 0.529 bits per heavy atom. The van der Waals surface area contributed by atoms with Crippen LogP contribution in [0.2, 0.25) is 0 Å². The molecular formula is C62H114O6. The predicted octanol–water partition coefficient (Wildman–Crippen LogP) is 20.0. The summed E-state index contributed by atoms with van der Waals surface area (Å²) in [5, 5.41) is 0. The smallest absolute Gasteiger partial charge is 0.306 e. The molecule has 0 radical (unpaired) electrons. The maximum Gasteiger partial charge on any atom is 0.306 e. The van der Waals surface area contributed by atoms with Crippen LogP contribution in [0, 0.1) is 0 Å². The minimum atomic E-state index is -0.771. The molecule has 0 bridgehead atoms. The van der Waals surface area contributed by atoms with E-state index in [9.17, 15) is 14.4 Å². The van der Waals surface area contributed by atoms with Crippen molar-refractivity contribution in [3.8, 4) is 0 Å². The molecule has 0 N–H and O–H groups in total. The number of hydrogen-bond donors (Lipinski definition) is 0. The first-order chi connectivity index (χ1) is 33.5. The van der Waals surface area contributed by atoms with Crippen LogP contribution >= 0.6 is 0 Å². The van der Waals surface area contributed by atoms with Crippen molar-refractivity contribution >= 4 is 17.9 Å². The number of unbranched alkanes of at least 4 members (excludes halogenated alkanes) is 38. The number of carbonyl (C=O) groups is 3. The molecule has 6 nitrogen and oxygen atoms in total. The number of carbonyl (C=O) groups excluding carboxylic acids is 3. The third kappa shape index (κ3) is 54.6. The quantitative estimate of drug-likeness (QED) is 0.0262. The number of esters is 3. The number of rotatable bonds is 55. The zero-order valence-corrected chi connectivity index (χ0v) is 45.6. The van der Waals surface area contributed by atoms with Gasteiger partial charge in [0, 0.05) is 19.3 Å². The second-order valence-electron chi connectivity index (χ2n) is 20.3. The molecule has 6 heteroatoms. The first-order valence-electron chi connectivity index (χ1n) is 30.0. The van der Waals surface area contributed by atoms with E-state index in [1.807, 2.05) is 0 Å². The van der Waals surface area contributed by atoms with Gasteiger partial charge >= 0.3 is 17.9 Å². The van der Waals surface area contributed by atoms with Crippen molar-refractivity contribution in [2.75, 3.05) is 13.2 Å². The Kier molecular flexibility index (Phi) is 55.2. The topological polar surface area (TPSA) is 78.9 Å². The first kappa shape index (κ1) is 65.6. The zero-order valence-electron chi connectivity index (χ0n) is 45.6. The predicted molar refractivity (Wildman–Crippen MR) is 293 cm³/mol. The molecule has 0 saturated heterocycles. The van der Waals surface area contributed by atoms with Gasteiger partial charge in [0.25, 0.3) is 0 Å². The van der Waals surface area contributed by atoms with Crippen LogP contribution in [0.5, 0.6) is 0 Å². The Morgan fingerprint density at radius 1 is 0.294 bits per heavy atom. The van der Waals surface area contributed by atoms with Gasteiger partial charge in [0.15, 0.2) is 6.10 Å². The molecule has 0 fully saturated rings. The number of allylic oxidation sites excluding steroid dienone is 6. The van der Waals surface area contributed by atoms with E-state index in [-0.39, 0.29) is 31.1 Å². The van der Waals surface area contributed by atoms with E-state index >= 15 is 0 Å². The molecule has 0 rings (SSSR count). The Balaban J connectivity index is 4.18. The van der Waals surface area contributed by atoms with Gasteiger partial charge in [-0.3, -0.25) is 14.4 Å². The summed E-state index contributed by atoms with van der Waals surface area (Å²) in [6.45, 7) is 6.62. The summed E-state index contributed by atoms with van der Waals surface area (Å²) in [5.74, 6) is -0.864. The van der Waals surface area contributed by atoms with Crippen LogP contribution in [0.4, 0.5) is 0 Å². The van der Waals surface area contributed by atoms with Crippen LogP contribution in [-0.4, -0.2) is 37.2 Å². The van der Waals surface area contributed by atoms with Gasteiger partial charge in [0.1, 0.15) is 13.2 Å². The van der Waals surface area contributed by atoms with E-state index in [1.165, 1.54) is 218 Å². The molecule has 1 unspecified atom stereocenters. The van der Waals surface area contributed by atoms with E-state index in [0.29, 0.717) is 19.3 Å².